The summed E-state index contributed by atoms with van der Waals surface area (Å²) < 4.78 is 51.4. The number of hydrogen-bond acceptors (Lipinski definition) is 8. The largest absolute Gasteiger partial charge is 0.493 e. The van der Waals surface area contributed by atoms with Crippen molar-refractivity contribution in [3.05, 3.63) is 47.0 Å². The Morgan fingerprint density at radius 2 is 1.67 bits per heavy atom. The molecule has 3 aliphatic rings. The van der Waals surface area contributed by atoms with Crippen molar-refractivity contribution in [1.29, 1.82) is 0 Å². The molecule has 1 spiro atoms. The van der Waals surface area contributed by atoms with E-state index in [1.165, 1.54) is 6.07 Å². The predicted octanol–water partition coefficient (Wildman–Crippen LogP) is 4.40. The summed E-state index contributed by atoms with van der Waals surface area (Å²) in [7, 11) is -4.02. The maximum absolute atomic E-state index is 15.0. The number of nitrogens with zero attached hydrogens (tertiary/aromatic N) is 5. The van der Waals surface area contributed by atoms with E-state index in [2.05, 4.69) is 14.9 Å². The second-order valence-electron chi connectivity index (χ2n) is 12.9. The van der Waals surface area contributed by atoms with Crippen molar-refractivity contribution in [2.45, 2.75) is 64.2 Å². The van der Waals surface area contributed by atoms with Gasteiger partial charge in [0.1, 0.15) is 11.6 Å². The van der Waals surface area contributed by atoms with Crippen molar-refractivity contribution < 1.29 is 31.7 Å². The molecule has 0 radical (unpaired) electrons. The van der Waals surface area contributed by atoms with Crippen molar-refractivity contribution >= 4 is 39.5 Å². The van der Waals surface area contributed by atoms with E-state index in [4.69, 9.17) is 20.9 Å². The van der Waals surface area contributed by atoms with E-state index >= 15 is 0 Å². The highest BCUT2D eigenvalue weighted by molar-refractivity contribution is 7.85. The molecule has 11 nitrogen and oxygen atoms in total. The molecular weight excluding hydrogens is 637 g/mol. The smallest absolute Gasteiger partial charge is 0.264 e. The minimum atomic E-state index is -4.02. The fourth-order valence-electron chi connectivity index (χ4n) is 6.84. The molecule has 4 heterocycles. The fraction of sp³-hybridized carbons (Fsp3) is 0.625. The van der Waals surface area contributed by atoms with Gasteiger partial charge < -0.3 is 19.4 Å². The Bertz CT molecular complexity index is 1470. The van der Waals surface area contributed by atoms with Crippen LogP contribution in [0.5, 0.6) is 5.75 Å². The molecule has 3 aliphatic heterocycles. The summed E-state index contributed by atoms with van der Waals surface area (Å²) in [6.07, 6.45) is 9.66. The third-order valence-corrected chi connectivity index (χ3v) is 10.5. The van der Waals surface area contributed by atoms with Crippen LogP contribution >= 0.6 is 11.6 Å². The summed E-state index contributed by atoms with van der Waals surface area (Å²) in [5.74, 6) is 0.798. The summed E-state index contributed by atoms with van der Waals surface area (Å²) >= 11 is 5.89. The van der Waals surface area contributed by atoms with Crippen molar-refractivity contribution in [2.24, 2.45) is 11.3 Å². The number of rotatable bonds is 13. The summed E-state index contributed by atoms with van der Waals surface area (Å²) in [6.45, 7) is 4.58. The van der Waals surface area contributed by atoms with Gasteiger partial charge in [-0.1, -0.05) is 17.7 Å². The van der Waals surface area contributed by atoms with Crippen LogP contribution in [0.3, 0.4) is 0 Å². The Balaban J connectivity index is 0.993. The predicted molar refractivity (Wildman–Crippen MR) is 172 cm³/mol. The van der Waals surface area contributed by atoms with Crippen LogP contribution in [0.15, 0.2) is 30.6 Å². The van der Waals surface area contributed by atoms with Crippen LogP contribution in [0.1, 0.15) is 63.4 Å². The normalized spacial score (nSPS) is 20.5. The van der Waals surface area contributed by atoms with E-state index in [-0.39, 0.29) is 42.2 Å². The molecule has 0 unspecified atom stereocenters. The second-order valence-corrected chi connectivity index (χ2v) is 14.9. The third kappa shape index (κ3) is 9.51. The summed E-state index contributed by atoms with van der Waals surface area (Å²) in [6, 6.07) is 4.70. The van der Waals surface area contributed by atoms with E-state index in [0.717, 1.165) is 51.6 Å². The maximum atomic E-state index is 15.0. The van der Waals surface area contributed by atoms with Gasteiger partial charge in [-0.15, -0.1) is 0 Å². The first-order chi connectivity index (χ1) is 22.0. The number of likely N-dealkylation sites (tertiary alicyclic amines) is 2. The number of carbonyl (C=O) groups is 2. The number of ether oxygens (including phenoxy) is 1. The Hall–Kier alpha value is -3.03. The molecule has 1 aromatic carbocycles. The molecule has 0 aliphatic carbocycles. The lowest BCUT2D eigenvalue weighted by Crippen LogP contribution is -2.36. The van der Waals surface area contributed by atoms with Gasteiger partial charge in [0.25, 0.3) is 10.1 Å². The first kappa shape index (κ1) is 34.3. The van der Waals surface area contributed by atoms with Gasteiger partial charge in [-0.05, 0) is 68.9 Å². The number of aromatic nitrogens is 2. The highest BCUT2D eigenvalue weighted by Gasteiger charge is 2.45. The molecule has 3 saturated heterocycles. The first-order valence-electron chi connectivity index (χ1n) is 16.1. The molecule has 1 aromatic heterocycles. The topological polar surface area (TPSA) is 133 Å². The van der Waals surface area contributed by atoms with Crippen LogP contribution in [-0.2, 0) is 26.1 Å². The van der Waals surface area contributed by atoms with Gasteiger partial charge in [-0.2, -0.15) is 8.42 Å². The lowest BCUT2D eigenvalue weighted by atomic mass is 9.86. The minimum absolute atomic E-state index is 0.0294. The molecule has 252 valence electrons. The zero-order valence-electron chi connectivity index (χ0n) is 26.1. The van der Waals surface area contributed by atoms with E-state index in [1.54, 1.807) is 34.3 Å². The first-order valence-corrected chi connectivity index (χ1v) is 18.1. The molecule has 0 bridgehead atoms. The van der Waals surface area contributed by atoms with Crippen LogP contribution < -0.4 is 9.64 Å². The standard InChI is InChI=1S/C32H43ClFN5O6S/c33-26-20-35-31(36-21-26)37-12-8-24(9-13-37)4-3-16-45-27-7-6-25(28(34)19-27)18-30(41)39-15-11-32(23-39)10-14-38(22-32)29(40)5-1-2-17-46(42,43)44/h6-7,19-21,24H,1-5,8-18,22-23H2,(H,42,43,44)/t32-/m0/s1. The van der Waals surface area contributed by atoms with Gasteiger partial charge >= 0.3 is 0 Å². The Labute approximate surface area is 275 Å². The van der Waals surface area contributed by atoms with Gasteiger partial charge in [0.15, 0.2) is 0 Å². The van der Waals surface area contributed by atoms with Crippen molar-refractivity contribution in [3.8, 4) is 5.75 Å². The van der Waals surface area contributed by atoms with Crippen LogP contribution in [-0.4, -0.2) is 96.2 Å². The molecule has 0 saturated carbocycles. The summed E-state index contributed by atoms with van der Waals surface area (Å²) in [4.78, 5) is 40.1. The zero-order chi connectivity index (χ0) is 32.7. The van der Waals surface area contributed by atoms with Gasteiger partial charge in [0, 0.05) is 57.2 Å². The van der Waals surface area contributed by atoms with Crippen LogP contribution in [0, 0.1) is 17.2 Å². The minimum Gasteiger partial charge on any atom is -0.493 e. The average Bonchev–Trinajstić information content (AvgIpc) is 3.65. The molecule has 46 heavy (non-hydrogen) atoms. The van der Waals surface area contributed by atoms with Gasteiger partial charge in [-0.3, -0.25) is 14.1 Å². The number of carbonyl (C=O) groups excluding carboxylic acids is 2. The van der Waals surface area contributed by atoms with Crippen molar-refractivity contribution in [3.63, 3.8) is 0 Å². The fourth-order valence-corrected chi connectivity index (χ4v) is 7.50. The molecular formula is C32H43ClFN5O6S. The third-order valence-electron chi connectivity index (χ3n) is 9.52. The SMILES string of the molecule is O=C(CCCCS(=O)(=O)O)N1CC[C@]2(CCN(C(=O)Cc3ccc(OCCCC4CCN(c5ncc(Cl)cn5)CC4)cc3F)C2)C1. The number of unbranched alkanes of at least 4 members (excludes halogenated alkanes) is 1. The Kier molecular flexibility index (Phi) is 11.4. The average molecular weight is 680 g/mol. The number of benzene rings is 1. The Morgan fingerprint density at radius 1 is 1.00 bits per heavy atom. The van der Waals surface area contributed by atoms with E-state index in [9.17, 15) is 22.4 Å². The monoisotopic (exact) mass is 679 g/mol. The van der Waals surface area contributed by atoms with Crippen LogP contribution in [0.4, 0.5) is 10.3 Å². The van der Waals surface area contributed by atoms with Gasteiger partial charge in [0.2, 0.25) is 17.8 Å². The Morgan fingerprint density at radius 3 is 2.33 bits per heavy atom. The molecule has 1 N–H and O–H groups in total. The van der Waals surface area contributed by atoms with E-state index < -0.39 is 15.9 Å². The quantitative estimate of drug-likeness (QED) is 0.242. The summed E-state index contributed by atoms with van der Waals surface area (Å²) in [5.41, 5.74) is 0.181. The van der Waals surface area contributed by atoms with Crippen LogP contribution in [0.2, 0.25) is 5.02 Å². The zero-order valence-corrected chi connectivity index (χ0v) is 27.7. The molecule has 1 atom stereocenters. The van der Waals surface area contributed by atoms with E-state index in [0.29, 0.717) is 67.4 Å². The number of amides is 2. The maximum Gasteiger partial charge on any atom is 0.264 e. The van der Waals surface area contributed by atoms with Crippen molar-refractivity contribution in [2.75, 3.05) is 56.5 Å². The highest BCUT2D eigenvalue weighted by atomic mass is 35.5. The van der Waals surface area contributed by atoms with Crippen LogP contribution in [0.25, 0.3) is 0 Å². The molecule has 14 heteroatoms. The molecule has 2 amide bonds. The number of hydrogen-bond donors (Lipinski definition) is 1. The highest BCUT2D eigenvalue weighted by Crippen LogP contribution is 2.40. The lowest BCUT2D eigenvalue weighted by Gasteiger charge is -2.31. The number of halogens is 2. The molecule has 2 aromatic rings. The van der Waals surface area contributed by atoms with E-state index in [1.807, 2.05) is 0 Å². The molecule has 5 rings (SSSR count). The second kappa shape index (κ2) is 15.2. The van der Waals surface area contributed by atoms with Gasteiger partial charge in [0.05, 0.1) is 36.2 Å². The summed E-state index contributed by atoms with van der Waals surface area (Å²) in [5, 5.41) is 0.527. The number of anilines is 1. The lowest BCUT2D eigenvalue weighted by molar-refractivity contribution is -0.130. The van der Waals surface area contributed by atoms with Gasteiger partial charge in [-0.25, -0.2) is 14.4 Å². The van der Waals surface area contributed by atoms with Crippen molar-refractivity contribution in [1.82, 2.24) is 19.8 Å². The molecule has 3 fully saturated rings. The number of piperidine rings is 1.